The standard InChI is InChI=1S/C15H25N5O/c1-20(2)11-5-10-16-14-9-8-13(18-19-14)15(21)17-12-6-3-4-7-12/h8-9,12H,3-7,10-11H2,1-2H3,(H,16,19)(H,17,21). The summed E-state index contributed by atoms with van der Waals surface area (Å²) in [5.41, 5.74) is 0.390. The first-order valence-corrected chi connectivity index (χ1v) is 7.68. The molecule has 1 heterocycles. The van der Waals surface area contributed by atoms with Crippen molar-refractivity contribution < 1.29 is 4.79 Å². The molecule has 0 radical (unpaired) electrons. The van der Waals surface area contributed by atoms with E-state index in [4.69, 9.17) is 0 Å². The monoisotopic (exact) mass is 291 g/mol. The van der Waals surface area contributed by atoms with Gasteiger partial charge in [0, 0.05) is 12.6 Å². The molecule has 1 aromatic rings. The maximum Gasteiger partial charge on any atom is 0.272 e. The Morgan fingerprint density at radius 1 is 1.29 bits per heavy atom. The number of rotatable bonds is 7. The van der Waals surface area contributed by atoms with Gasteiger partial charge in [-0.3, -0.25) is 4.79 Å². The van der Waals surface area contributed by atoms with E-state index < -0.39 is 0 Å². The Labute approximate surface area is 126 Å². The van der Waals surface area contributed by atoms with E-state index in [0.29, 0.717) is 17.6 Å². The zero-order valence-electron chi connectivity index (χ0n) is 12.9. The number of hydrogen-bond acceptors (Lipinski definition) is 5. The van der Waals surface area contributed by atoms with E-state index in [2.05, 4.69) is 39.8 Å². The number of anilines is 1. The number of nitrogens with zero attached hydrogens (tertiary/aromatic N) is 3. The van der Waals surface area contributed by atoms with Crippen LogP contribution >= 0.6 is 0 Å². The minimum Gasteiger partial charge on any atom is -0.369 e. The maximum atomic E-state index is 12.0. The topological polar surface area (TPSA) is 70.2 Å². The Hall–Kier alpha value is -1.69. The molecule has 0 spiro atoms. The van der Waals surface area contributed by atoms with E-state index >= 15 is 0 Å². The Balaban J connectivity index is 1.76. The minimum absolute atomic E-state index is 0.117. The van der Waals surface area contributed by atoms with Crippen LogP contribution in [0.3, 0.4) is 0 Å². The number of aromatic nitrogens is 2. The van der Waals surface area contributed by atoms with Gasteiger partial charge in [0.05, 0.1) is 0 Å². The van der Waals surface area contributed by atoms with Crippen molar-refractivity contribution in [2.75, 3.05) is 32.5 Å². The molecule has 1 fully saturated rings. The second-order valence-electron chi connectivity index (χ2n) is 5.84. The molecular formula is C15H25N5O. The normalized spacial score (nSPS) is 15.4. The molecule has 1 amide bonds. The van der Waals surface area contributed by atoms with Crippen LogP contribution < -0.4 is 10.6 Å². The molecule has 1 aliphatic carbocycles. The van der Waals surface area contributed by atoms with Crippen LogP contribution in [0.15, 0.2) is 12.1 Å². The Bertz CT molecular complexity index is 440. The molecule has 2 rings (SSSR count). The third-order valence-electron chi connectivity index (χ3n) is 3.68. The molecule has 1 aromatic heterocycles. The molecule has 0 saturated heterocycles. The van der Waals surface area contributed by atoms with Gasteiger partial charge in [0.15, 0.2) is 5.69 Å². The summed E-state index contributed by atoms with van der Waals surface area (Å²) in [5, 5.41) is 14.3. The fourth-order valence-electron chi connectivity index (χ4n) is 2.49. The summed E-state index contributed by atoms with van der Waals surface area (Å²) in [5.74, 6) is 0.597. The average Bonchev–Trinajstić information content (AvgIpc) is 2.97. The van der Waals surface area contributed by atoms with Gasteiger partial charge in [0.1, 0.15) is 5.82 Å². The van der Waals surface area contributed by atoms with Crippen molar-refractivity contribution in [3.05, 3.63) is 17.8 Å². The van der Waals surface area contributed by atoms with Crippen molar-refractivity contribution in [2.45, 2.75) is 38.1 Å². The van der Waals surface area contributed by atoms with E-state index in [0.717, 1.165) is 32.4 Å². The Kier molecular flexibility index (Phi) is 5.92. The second kappa shape index (κ2) is 7.93. The van der Waals surface area contributed by atoms with Crippen LogP contribution in [0.2, 0.25) is 0 Å². The van der Waals surface area contributed by atoms with Crippen LogP contribution in [0.25, 0.3) is 0 Å². The molecule has 0 aromatic carbocycles. The highest BCUT2D eigenvalue weighted by Gasteiger charge is 2.18. The zero-order valence-corrected chi connectivity index (χ0v) is 12.9. The van der Waals surface area contributed by atoms with Crippen molar-refractivity contribution in [3.8, 4) is 0 Å². The van der Waals surface area contributed by atoms with Gasteiger partial charge >= 0.3 is 0 Å². The van der Waals surface area contributed by atoms with E-state index in [1.165, 1.54) is 12.8 Å². The molecule has 116 valence electrons. The average molecular weight is 291 g/mol. The third kappa shape index (κ3) is 5.30. The first kappa shape index (κ1) is 15.7. The number of nitrogens with one attached hydrogen (secondary N) is 2. The molecule has 0 bridgehead atoms. The van der Waals surface area contributed by atoms with E-state index in [9.17, 15) is 4.79 Å². The van der Waals surface area contributed by atoms with Crippen LogP contribution in [0.4, 0.5) is 5.82 Å². The number of amides is 1. The van der Waals surface area contributed by atoms with Gasteiger partial charge in [0.25, 0.3) is 5.91 Å². The lowest BCUT2D eigenvalue weighted by Gasteiger charge is -2.11. The molecule has 0 aliphatic heterocycles. The molecule has 2 N–H and O–H groups in total. The lowest BCUT2D eigenvalue weighted by molar-refractivity contribution is 0.0932. The fourth-order valence-corrected chi connectivity index (χ4v) is 2.49. The summed E-state index contributed by atoms with van der Waals surface area (Å²) in [6.45, 7) is 1.88. The van der Waals surface area contributed by atoms with Gasteiger partial charge in [-0.15, -0.1) is 10.2 Å². The van der Waals surface area contributed by atoms with Crippen molar-refractivity contribution >= 4 is 11.7 Å². The first-order valence-electron chi connectivity index (χ1n) is 7.68. The molecule has 1 saturated carbocycles. The van der Waals surface area contributed by atoms with Crippen LogP contribution in [0.5, 0.6) is 0 Å². The van der Waals surface area contributed by atoms with Gasteiger partial charge in [0.2, 0.25) is 0 Å². The Morgan fingerprint density at radius 3 is 2.67 bits per heavy atom. The van der Waals surface area contributed by atoms with Crippen molar-refractivity contribution in [1.29, 1.82) is 0 Å². The van der Waals surface area contributed by atoms with Gasteiger partial charge in [-0.05, 0) is 52.0 Å². The number of carbonyl (C=O) groups excluding carboxylic acids is 1. The summed E-state index contributed by atoms with van der Waals surface area (Å²) in [6, 6.07) is 3.85. The fraction of sp³-hybridized carbons (Fsp3) is 0.667. The van der Waals surface area contributed by atoms with E-state index in [1.807, 2.05) is 6.07 Å². The molecule has 21 heavy (non-hydrogen) atoms. The predicted molar refractivity (Wildman–Crippen MR) is 83.4 cm³/mol. The van der Waals surface area contributed by atoms with Crippen LogP contribution in [0, 0.1) is 0 Å². The quantitative estimate of drug-likeness (QED) is 0.745. The minimum atomic E-state index is -0.117. The van der Waals surface area contributed by atoms with Gasteiger partial charge in [-0.1, -0.05) is 12.8 Å². The number of carbonyl (C=O) groups is 1. The SMILES string of the molecule is CN(C)CCCNc1ccc(C(=O)NC2CCCC2)nn1. The van der Waals surface area contributed by atoms with Crippen molar-refractivity contribution in [3.63, 3.8) is 0 Å². The molecule has 0 unspecified atom stereocenters. The Morgan fingerprint density at radius 2 is 2.05 bits per heavy atom. The number of hydrogen-bond donors (Lipinski definition) is 2. The molecule has 0 atom stereocenters. The molecular weight excluding hydrogens is 266 g/mol. The highest BCUT2D eigenvalue weighted by atomic mass is 16.2. The highest BCUT2D eigenvalue weighted by Crippen LogP contribution is 2.17. The largest absolute Gasteiger partial charge is 0.369 e. The highest BCUT2D eigenvalue weighted by molar-refractivity contribution is 5.92. The summed E-state index contributed by atoms with van der Waals surface area (Å²) in [6.07, 6.45) is 5.59. The van der Waals surface area contributed by atoms with E-state index in [-0.39, 0.29) is 5.91 Å². The first-order chi connectivity index (χ1) is 10.1. The molecule has 1 aliphatic rings. The maximum absolute atomic E-state index is 12.0. The summed E-state index contributed by atoms with van der Waals surface area (Å²) >= 11 is 0. The molecule has 6 heteroatoms. The van der Waals surface area contributed by atoms with Crippen LogP contribution in [0.1, 0.15) is 42.6 Å². The second-order valence-corrected chi connectivity index (χ2v) is 5.84. The van der Waals surface area contributed by atoms with Crippen molar-refractivity contribution in [1.82, 2.24) is 20.4 Å². The third-order valence-corrected chi connectivity index (χ3v) is 3.68. The summed E-state index contributed by atoms with van der Waals surface area (Å²) < 4.78 is 0. The summed E-state index contributed by atoms with van der Waals surface area (Å²) in [7, 11) is 4.11. The van der Waals surface area contributed by atoms with Gasteiger partial charge in [-0.25, -0.2) is 0 Å². The lowest BCUT2D eigenvalue weighted by Crippen LogP contribution is -2.33. The van der Waals surface area contributed by atoms with Gasteiger partial charge < -0.3 is 15.5 Å². The van der Waals surface area contributed by atoms with Crippen molar-refractivity contribution in [2.24, 2.45) is 0 Å². The van der Waals surface area contributed by atoms with Crippen LogP contribution in [-0.4, -0.2) is 54.2 Å². The van der Waals surface area contributed by atoms with E-state index in [1.54, 1.807) is 6.07 Å². The zero-order chi connectivity index (χ0) is 15.1. The summed E-state index contributed by atoms with van der Waals surface area (Å²) in [4.78, 5) is 14.2. The predicted octanol–water partition coefficient (Wildman–Crippen LogP) is 1.51. The van der Waals surface area contributed by atoms with Gasteiger partial charge in [-0.2, -0.15) is 0 Å². The molecule has 6 nitrogen and oxygen atoms in total. The lowest BCUT2D eigenvalue weighted by atomic mass is 10.2. The smallest absolute Gasteiger partial charge is 0.272 e. The van der Waals surface area contributed by atoms with Crippen LogP contribution in [-0.2, 0) is 0 Å².